The highest BCUT2D eigenvalue weighted by atomic mass is 16.6. The lowest BCUT2D eigenvalue weighted by atomic mass is 9.97. The average molecular weight is 385 g/mol. The number of hydrogen-bond donors (Lipinski definition) is 3. The number of fused-ring (bicyclic) bond motifs is 1. The van der Waals surface area contributed by atoms with E-state index in [1.807, 2.05) is 0 Å². The van der Waals surface area contributed by atoms with Crippen molar-refractivity contribution in [3.63, 3.8) is 0 Å². The molecule has 1 spiro atoms. The summed E-state index contributed by atoms with van der Waals surface area (Å²) in [6.07, 6.45) is 0.360. The first kappa shape index (κ1) is 18.0. The molecule has 0 aliphatic carbocycles. The molecule has 2 aromatic rings. The Balaban J connectivity index is 1.64. The zero-order valence-electron chi connectivity index (χ0n) is 14.9. The molecule has 5 N–H and O–H groups in total. The number of aromatic nitrogens is 2. The molecule has 1 aromatic heterocycles. The molecule has 1 atom stereocenters. The molecule has 146 valence electrons. The molecule has 1 fully saturated rings. The Morgan fingerprint density at radius 2 is 1.93 bits per heavy atom. The second kappa shape index (κ2) is 6.64. The standard InChI is InChI=1S/C18H19N5O5/c19-13-12-7-18(28-14(12)22-17(20)21-13)8-23(5-6-27-9-18)15(24)10-3-1-2-4-11(10)16(25)26/h1-4H,5-9H2,(H,25,26)(H4,19,20,21,22)/t18-/m1/s1. The Morgan fingerprint density at radius 3 is 2.68 bits per heavy atom. The molecule has 0 unspecified atom stereocenters. The third-order valence-electron chi connectivity index (χ3n) is 4.86. The Hall–Kier alpha value is -3.40. The fraction of sp³-hybridized carbons (Fsp3) is 0.333. The summed E-state index contributed by atoms with van der Waals surface area (Å²) in [6, 6.07) is 6.11. The van der Waals surface area contributed by atoms with Crippen molar-refractivity contribution in [1.29, 1.82) is 0 Å². The second-order valence-electron chi connectivity index (χ2n) is 6.84. The lowest BCUT2D eigenvalue weighted by molar-refractivity contribution is -0.00148. The van der Waals surface area contributed by atoms with Crippen LogP contribution < -0.4 is 16.2 Å². The minimum atomic E-state index is -1.16. The normalized spacial score (nSPS) is 21.1. The highest BCUT2D eigenvalue weighted by Gasteiger charge is 2.46. The predicted octanol–water partition coefficient (Wildman–Crippen LogP) is 0.186. The van der Waals surface area contributed by atoms with E-state index in [0.29, 0.717) is 25.1 Å². The number of carbonyl (C=O) groups is 2. The van der Waals surface area contributed by atoms with Crippen LogP contribution in [0.5, 0.6) is 5.88 Å². The first-order valence-corrected chi connectivity index (χ1v) is 8.69. The SMILES string of the molecule is Nc1nc(N)c2c(n1)O[C@]1(COCCN(C(=O)c3ccccc3C(=O)O)C1)C2. The van der Waals surface area contributed by atoms with Crippen molar-refractivity contribution in [3.05, 3.63) is 41.0 Å². The number of nitrogens with zero attached hydrogens (tertiary/aromatic N) is 3. The number of nitrogen functional groups attached to an aromatic ring is 2. The summed E-state index contributed by atoms with van der Waals surface area (Å²) in [6.45, 7) is 1.02. The lowest BCUT2D eigenvalue weighted by Crippen LogP contribution is -2.50. The number of ether oxygens (including phenoxy) is 2. The van der Waals surface area contributed by atoms with Crippen LogP contribution in [0, 0.1) is 0 Å². The summed E-state index contributed by atoms with van der Waals surface area (Å²) >= 11 is 0. The molecule has 0 bridgehead atoms. The molecule has 10 nitrogen and oxygen atoms in total. The quantitative estimate of drug-likeness (QED) is 0.657. The van der Waals surface area contributed by atoms with Crippen molar-refractivity contribution in [2.45, 2.75) is 12.0 Å². The Kier molecular flexibility index (Phi) is 4.27. The molecule has 2 aliphatic rings. The van der Waals surface area contributed by atoms with E-state index in [9.17, 15) is 14.7 Å². The number of anilines is 2. The molecular formula is C18H19N5O5. The molecule has 0 saturated carbocycles. The van der Waals surface area contributed by atoms with Gasteiger partial charge in [-0.25, -0.2) is 4.79 Å². The van der Waals surface area contributed by atoms with Crippen molar-refractivity contribution in [3.8, 4) is 5.88 Å². The number of carboxylic acids is 1. The number of hydrogen-bond acceptors (Lipinski definition) is 8. The predicted molar refractivity (Wildman–Crippen MR) is 98.0 cm³/mol. The van der Waals surface area contributed by atoms with Crippen LogP contribution in [0.2, 0.25) is 0 Å². The van der Waals surface area contributed by atoms with Crippen molar-refractivity contribution >= 4 is 23.6 Å². The largest absolute Gasteiger partial charge is 0.478 e. The highest BCUT2D eigenvalue weighted by Crippen LogP contribution is 2.38. The van der Waals surface area contributed by atoms with Gasteiger partial charge in [-0.2, -0.15) is 9.97 Å². The summed E-state index contributed by atoms with van der Waals surface area (Å²) in [5.74, 6) is -1.04. The van der Waals surface area contributed by atoms with Crippen LogP contribution in [0.3, 0.4) is 0 Å². The van der Waals surface area contributed by atoms with Crippen molar-refractivity contribution in [2.24, 2.45) is 0 Å². The molecule has 3 heterocycles. The van der Waals surface area contributed by atoms with Crippen LogP contribution in [0.25, 0.3) is 0 Å². The van der Waals surface area contributed by atoms with Gasteiger partial charge in [-0.1, -0.05) is 12.1 Å². The van der Waals surface area contributed by atoms with E-state index in [-0.39, 0.29) is 41.9 Å². The van der Waals surface area contributed by atoms with Gasteiger partial charge in [0.05, 0.1) is 36.4 Å². The van der Waals surface area contributed by atoms with Gasteiger partial charge < -0.3 is 30.9 Å². The van der Waals surface area contributed by atoms with Crippen LogP contribution in [0.15, 0.2) is 24.3 Å². The number of carboxylic acid groups (broad SMARTS) is 1. The number of rotatable bonds is 2. The first-order chi connectivity index (χ1) is 13.4. The summed E-state index contributed by atoms with van der Waals surface area (Å²) < 4.78 is 11.7. The van der Waals surface area contributed by atoms with Gasteiger partial charge in [0.1, 0.15) is 5.82 Å². The van der Waals surface area contributed by atoms with Gasteiger partial charge in [-0.05, 0) is 12.1 Å². The van der Waals surface area contributed by atoms with E-state index in [2.05, 4.69) is 9.97 Å². The monoisotopic (exact) mass is 385 g/mol. The van der Waals surface area contributed by atoms with E-state index in [1.54, 1.807) is 12.1 Å². The van der Waals surface area contributed by atoms with E-state index < -0.39 is 17.5 Å². The van der Waals surface area contributed by atoms with E-state index in [4.69, 9.17) is 20.9 Å². The number of benzene rings is 1. The minimum Gasteiger partial charge on any atom is -0.478 e. The van der Waals surface area contributed by atoms with Crippen LogP contribution in [-0.4, -0.2) is 63.8 Å². The van der Waals surface area contributed by atoms with E-state index in [0.717, 1.165) is 0 Å². The van der Waals surface area contributed by atoms with Crippen molar-refractivity contribution in [1.82, 2.24) is 14.9 Å². The molecule has 1 aromatic carbocycles. The van der Waals surface area contributed by atoms with Crippen LogP contribution in [-0.2, 0) is 11.2 Å². The molecule has 1 saturated heterocycles. The smallest absolute Gasteiger partial charge is 0.336 e. The van der Waals surface area contributed by atoms with Crippen molar-refractivity contribution < 1.29 is 24.2 Å². The summed E-state index contributed by atoms with van der Waals surface area (Å²) in [5.41, 5.74) is 11.4. The maximum Gasteiger partial charge on any atom is 0.336 e. The third kappa shape index (κ3) is 3.07. The molecule has 2 aliphatic heterocycles. The fourth-order valence-corrected chi connectivity index (χ4v) is 3.58. The van der Waals surface area contributed by atoms with Crippen LogP contribution in [0.4, 0.5) is 11.8 Å². The third-order valence-corrected chi connectivity index (χ3v) is 4.86. The molecule has 0 radical (unpaired) electrons. The molecule has 4 rings (SSSR count). The number of nitrogens with two attached hydrogens (primary N) is 2. The lowest BCUT2D eigenvalue weighted by Gasteiger charge is -2.31. The summed E-state index contributed by atoms with van der Waals surface area (Å²) in [7, 11) is 0. The van der Waals surface area contributed by atoms with Gasteiger partial charge in [-0.3, -0.25) is 4.79 Å². The Bertz CT molecular complexity index is 965. The zero-order chi connectivity index (χ0) is 19.9. The Labute approximate surface area is 160 Å². The average Bonchev–Trinajstić information content (AvgIpc) is 2.88. The highest BCUT2D eigenvalue weighted by molar-refractivity contribution is 6.04. The topological polar surface area (TPSA) is 154 Å². The molecule has 28 heavy (non-hydrogen) atoms. The van der Waals surface area contributed by atoms with Gasteiger partial charge in [0.15, 0.2) is 5.60 Å². The fourth-order valence-electron chi connectivity index (χ4n) is 3.58. The maximum atomic E-state index is 13.1. The first-order valence-electron chi connectivity index (χ1n) is 8.69. The van der Waals surface area contributed by atoms with Gasteiger partial charge in [0.2, 0.25) is 11.8 Å². The minimum absolute atomic E-state index is 0.00570. The summed E-state index contributed by atoms with van der Waals surface area (Å²) in [5, 5.41) is 9.39. The Morgan fingerprint density at radius 1 is 1.18 bits per heavy atom. The molecule has 10 heteroatoms. The van der Waals surface area contributed by atoms with Gasteiger partial charge in [0.25, 0.3) is 5.91 Å². The number of aromatic carboxylic acids is 1. The second-order valence-corrected chi connectivity index (χ2v) is 6.84. The summed E-state index contributed by atoms with van der Waals surface area (Å²) in [4.78, 5) is 34.2. The number of amides is 1. The van der Waals surface area contributed by atoms with Crippen LogP contribution >= 0.6 is 0 Å². The zero-order valence-corrected chi connectivity index (χ0v) is 14.9. The van der Waals surface area contributed by atoms with Crippen LogP contribution in [0.1, 0.15) is 26.3 Å². The van der Waals surface area contributed by atoms with Gasteiger partial charge >= 0.3 is 5.97 Å². The van der Waals surface area contributed by atoms with E-state index in [1.165, 1.54) is 17.0 Å². The molecular weight excluding hydrogens is 366 g/mol. The van der Waals surface area contributed by atoms with E-state index >= 15 is 0 Å². The maximum absolute atomic E-state index is 13.1. The van der Waals surface area contributed by atoms with Crippen molar-refractivity contribution in [2.75, 3.05) is 37.8 Å². The molecule has 1 amide bonds. The van der Waals surface area contributed by atoms with Gasteiger partial charge in [-0.15, -0.1) is 0 Å². The van der Waals surface area contributed by atoms with Gasteiger partial charge in [0, 0.05) is 13.0 Å². The number of carbonyl (C=O) groups excluding carboxylic acids is 1.